The molecular weight excluding hydrogens is 460 g/mol. The van der Waals surface area contributed by atoms with Gasteiger partial charge >= 0.3 is 0 Å². The lowest BCUT2D eigenvalue weighted by molar-refractivity contribution is -0.126. The molecule has 182 valence electrons. The fraction of sp³-hybridized carbons (Fsp3) is 0.333. The van der Waals surface area contributed by atoms with Gasteiger partial charge in [-0.15, -0.1) is 11.3 Å². The zero-order valence-electron chi connectivity index (χ0n) is 20.0. The number of carbonyl (C=O) groups excluding carboxylic acids is 3. The molecule has 0 bridgehead atoms. The first-order valence-electron chi connectivity index (χ1n) is 11.8. The highest BCUT2D eigenvalue weighted by Crippen LogP contribution is 2.30. The van der Waals surface area contributed by atoms with Crippen molar-refractivity contribution in [2.45, 2.75) is 51.6 Å². The van der Waals surface area contributed by atoms with E-state index in [9.17, 15) is 14.4 Å². The van der Waals surface area contributed by atoms with Gasteiger partial charge in [-0.25, -0.2) is 0 Å². The SMILES string of the molecule is Cc1cc(C)cc(N(C(=O)CNC(=O)c2cccs2)[C@H](C(=O)NC2CCCC2)c2ccncc2)c1. The predicted octanol–water partition coefficient (Wildman–Crippen LogP) is 4.32. The number of pyridine rings is 1. The maximum absolute atomic E-state index is 13.7. The van der Waals surface area contributed by atoms with Gasteiger partial charge in [-0.1, -0.05) is 25.0 Å². The van der Waals surface area contributed by atoms with E-state index in [2.05, 4.69) is 15.6 Å². The van der Waals surface area contributed by atoms with Crippen molar-refractivity contribution in [3.05, 3.63) is 81.8 Å². The molecule has 1 aliphatic rings. The Morgan fingerprint density at radius 1 is 1.06 bits per heavy atom. The third-order valence-corrected chi connectivity index (χ3v) is 7.00. The first kappa shape index (κ1) is 24.6. The van der Waals surface area contributed by atoms with E-state index in [4.69, 9.17) is 0 Å². The number of nitrogens with zero attached hydrogens (tertiary/aromatic N) is 2. The average Bonchev–Trinajstić information content (AvgIpc) is 3.55. The third-order valence-electron chi connectivity index (χ3n) is 6.13. The minimum absolute atomic E-state index is 0.0987. The number of rotatable bonds is 8. The smallest absolute Gasteiger partial charge is 0.261 e. The van der Waals surface area contributed by atoms with Crippen LogP contribution in [0.1, 0.15) is 58.1 Å². The Bertz CT molecular complexity index is 1150. The van der Waals surface area contributed by atoms with Gasteiger partial charge in [0.25, 0.3) is 5.91 Å². The summed E-state index contributed by atoms with van der Waals surface area (Å²) >= 11 is 1.31. The Hall–Kier alpha value is -3.52. The number of anilines is 1. The number of benzene rings is 1. The zero-order chi connectivity index (χ0) is 24.8. The van der Waals surface area contributed by atoms with Crippen LogP contribution in [-0.2, 0) is 9.59 Å². The first-order valence-corrected chi connectivity index (χ1v) is 12.7. The topological polar surface area (TPSA) is 91.4 Å². The van der Waals surface area contributed by atoms with Crippen LogP contribution in [-0.4, -0.2) is 35.3 Å². The number of aromatic nitrogens is 1. The maximum atomic E-state index is 13.7. The van der Waals surface area contributed by atoms with Crippen molar-refractivity contribution in [2.75, 3.05) is 11.4 Å². The van der Waals surface area contributed by atoms with Gasteiger partial charge < -0.3 is 10.6 Å². The van der Waals surface area contributed by atoms with Gasteiger partial charge in [0, 0.05) is 24.1 Å². The molecule has 0 aliphatic heterocycles. The molecule has 2 N–H and O–H groups in total. The van der Waals surface area contributed by atoms with E-state index in [1.54, 1.807) is 36.7 Å². The van der Waals surface area contributed by atoms with E-state index in [1.165, 1.54) is 16.2 Å². The maximum Gasteiger partial charge on any atom is 0.261 e. The van der Waals surface area contributed by atoms with Crippen LogP contribution in [0.3, 0.4) is 0 Å². The van der Waals surface area contributed by atoms with Crippen LogP contribution in [0.5, 0.6) is 0 Å². The first-order chi connectivity index (χ1) is 16.9. The standard InChI is InChI=1S/C27H30N4O3S/c1-18-14-19(2)16-22(15-18)31(24(32)17-29-26(33)23-8-5-13-35-23)25(20-9-11-28-12-10-20)27(34)30-21-6-3-4-7-21/h5,8-16,21,25H,3-4,6-7,17H2,1-2H3,(H,29,33)(H,30,34)/t25-/m0/s1. The molecule has 2 heterocycles. The molecule has 3 amide bonds. The van der Waals surface area contributed by atoms with Crippen LogP contribution in [0, 0.1) is 13.8 Å². The molecule has 0 radical (unpaired) electrons. The van der Waals surface area contributed by atoms with Crippen LogP contribution in [0.4, 0.5) is 5.69 Å². The molecule has 0 spiro atoms. The second-order valence-electron chi connectivity index (χ2n) is 8.94. The highest BCUT2D eigenvalue weighted by Gasteiger charge is 2.34. The van der Waals surface area contributed by atoms with Gasteiger partial charge in [-0.2, -0.15) is 0 Å². The fourth-order valence-corrected chi connectivity index (χ4v) is 5.22. The predicted molar refractivity (Wildman–Crippen MR) is 137 cm³/mol. The van der Waals surface area contributed by atoms with Gasteiger partial charge in [0.15, 0.2) is 0 Å². The molecular formula is C27H30N4O3S. The lowest BCUT2D eigenvalue weighted by Gasteiger charge is -2.33. The van der Waals surface area contributed by atoms with Crippen molar-refractivity contribution >= 4 is 34.7 Å². The molecule has 8 heteroatoms. The van der Waals surface area contributed by atoms with E-state index >= 15 is 0 Å². The summed E-state index contributed by atoms with van der Waals surface area (Å²) in [6, 6.07) is 12.0. The van der Waals surface area contributed by atoms with Crippen molar-refractivity contribution in [1.29, 1.82) is 0 Å². The number of thiophene rings is 1. The minimum Gasteiger partial charge on any atom is -0.351 e. The van der Waals surface area contributed by atoms with E-state index in [1.807, 2.05) is 37.4 Å². The molecule has 1 fully saturated rings. The second kappa shape index (κ2) is 11.3. The number of hydrogen-bond acceptors (Lipinski definition) is 5. The van der Waals surface area contributed by atoms with E-state index in [0.29, 0.717) is 16.1 Å². The Morgan fingerprint density at radius 2 is 1.74 bits per heavy atom. The highest BCUT2D eigenvalue weighted by molar-refractivity contribution is 7.12. The van der Waals surface area contributed by atoms with Gasteiger partial charge in [0.1, 0.15) is 6.04 Å². The molecule has 35 heavy (non-hydrogen) atoms. The molecule has 1 saturated carbocycles. The fourth-order valence-electron chi connectivity index (χ4n) is 4.58. The summed E-state index contributed by atoms with van der Waals surface area (Å²) in [4.78, 5) is 46.1. The summed E-state index contributed by atoms with van der Waals surface area (Å²) in [5.41, 5.74) is 3.23. The van der Waals surface area contributed by atoms with Gasteiger partial charge in [0.2, 0.25) is 11.8 Å². The zero-order valence-corrected chi connectivity index (χ0v) is 20.8. The third kappa shape index (κ3) is 6.14. The number of nitrogens with one attached hydrogen (secondary N) is 2. The number of carbonyl (C=O) groups is 3. The summed E-state index contributed by atoms with van der Waals surface area (Å²) in [6.07, 6.45) is 7.27. The molecule has 1 aromatic carbocycles. The Labute approximate surface area is 209 Å². The van der Waals surface area contributed by atoms with Crippen LogP contribution >= 0.6 is 11.3 Å². The molecule has 0 saturated heterocycles. The monoisotopic (exact) mass is 490 g/mol. The lowest BCUT2D eigenvalue weighted by Crippen LogP contribution is -2.49. The van der Waals surface area contributed by atoms with Gasteiger partial charge in [-0.3, -0.25) is 24.3 Å². The summed E-state index contributed by atoms with van der Waals surface area (Å²) < 4.78 is 0. The summed E-state index contributed by atoms with van der Waals surface area (Å²) in [5, 5.41) is 7.69. The second-order valence-corrected chi connectivity index (χ2v) is 9.89. The highest BCUT2D eigenvalue weighted by atomic mass is 32.1. The van der Waals surface area contributed by atoms with E-state index < -0.39 is 6.04 Å². The van der Waals surface area contributed by atoms with Crippen LogP contribution in [0.15, 0.2) is 60.2 Å². The number of amides is 3. The molecule has 7 nitrogen and oxygen atoms in total. The molecule has 4 rings (SSSR count). The van der Waals surface area contributed by atoms with Gasteiger partial charge in [0.05, 0.1) is 11.4 Å². The molecule has 3 aromatic rings. The van der Waals surface area contributed by atoms with Crippen molar-refractivity contribution in [3.63, 3.8) is 0 Å². The van der Waals surface area contributed by atoms with E-state index in [0.717, 1.165) is 36.8 Å². The Kier molecular flexibility index (Phi) is 7.92. The van der Waals surface area contributed by atoms with Crippen LogP contribution in [0.25, 0.3) is 0 Å². The quantitative estimate of drug-likeness (QED) is 0.492. The molecule has 1 aliphatic carbocycles. The summed E-state index contributed by atoms with van der Waals surface area (Å²) in [5.74, 6) is -0.923. The Morgan fingerprint density at radius 3 is 2.37 bits per heavy atom. The van der Waals surface area contributed by atoms with Crippen molar-refractivity contribution in [3.8, 4) is 0 Å². The summed E-state index contributed by atoms with van der Waals surface area (Å²) in [6.45, 7) is 3.68. The largest absolute Gasteiger partial charge is 0.351 e. The van der Waals surface area contributed by atoms with Crippen molar-refractivity contribution < 1.29 is 14.4 Å². The van der Waals surface area contributed by atoms with Crippen LogP contribution < -0.4 is 15.5 Å². The minimum atomic E-state index is -0.897. The average molecular weight is 491 g/mol. The van der Waals surface area contributed by atoms with Crippen molar-refractivity contribution in [1.82, 2.24) is 15.6 Å². The number of hydrogen-bond donors (Lipinski definition) is 2. The lowest BCUT2D eigenvalue weighted by atomic mass is 10.0. The van der Waals surface area contributed by atoms with Crippen LogP contribution in [0.2, 0.25) is 0 Å². The normalized spacial score (nSPS) is 14.3. The number of aryl methyl sites for hydroxylation is 2. The van der Waals surface area contributed by atoms with Gasteiger partial charge in [-0.05, 0) is 79.1 Å². The summed E-state index contributed by atoms with van der Waals surface area (Å²) in [7, 11) is 0. The molecule has 1 atom stereocenters. The Balaban J connectivity index is 1.69. The van der Waals surface area contributed by atoms with E-state index in [-0.39, 0.29) is 30.3 Å². The molecule has 0 unspecified atom stereocenters. The molecule has 2 aromatic heterocycles. The van der Waals surface area contributed by atoms with Crippen molar-refractivity contribution in [2.24, 2.45) is 0 Å².